The fraction of sp³-hybridized carbons (Fsp3) is 0.400. The average Bonchev–Trinajstić information content (AvgIpc) is 2.95. The average molecular weight is 241 g/mol. The Labute approximate surface area is 108 Å². The summed E-state index contributed by atoms with van der Waals surface area (Å²) >= 11 is 0. The molecular weight excluding hydrogens is 222 g/mol. The lowest BCUT2D eigenvalue weighted by atomic mass is 10.1. The highest BCUT2D eigenvalue weighted by molar-refractivity contribution is 5.79. The van der Waals surface area contributed by atoms with Crippen molar-refractivity contribution in [1.29, 1.82) is 0 Å². The number of nitrogens with one attached hydrogen (secondary N) is 1. The van der Waals surface area contributed by atoms with Gasteiger partial charge in [0.15, 0.2) is 0 Å². The van der Waals surface area contributed by atoms with E-state index in [0.717, 1.165) is 19.5 Å². The van der Waals surface area contributed by atoms with Crippen LogP contribution in [0.3, 0.4) is 0 Å². The summed E-state index contributed by atoms with van der Waals surface area (Å²) in [6.45, 7) is 6.53. The summed E-state index contributed by atoms with van der Waals surface area (Å²) in [4.78, 5) is 4.31. The zero-order chi connectivity index (χ0) is 12.5. The van der Waals surface area contributed by atoms with Crippen molar-refractivity contribution in [3.63, 3.8) is 0 Å². The maximum atomic E-state index is 4.31. The highest BCUT2D eigenvalue weighted by Crippen LogP contribution is 2.34. The normalized spacial score (nSPS) is 13.7. The number of benzene rings is 1. The Bertz CT molecular complexity index is 555. The van der Waals surface area contributed by atoms with Crippen LogP contribution >= 0.6 is 0 Å². The molecule has 1 aliphatic heterocycles. The molecule has 2 aromatic rings. The molecule has 0 fully saturated rings. The molecular formula is C15H19N3. The maximum Gasteiger partial charge on any atom is 0.0951 e. The van der Waals surface area contributed by atoms with E-state index < -0.39 is 0 Å². The van der Waals surface area contributed by atoms with E-state index in [-0.39, 0.29) is 0 Å². The lowest BCUT2D eigenvalue weighted by molar-refractivity contribution is 0.526. The van der Waals surface area contributed by atoms with E-state index in [4.69, 9.17) is 0 Å². The number of nitrogens with zero attached hydrogens (tertiary/aromatic N) is 2. The summed E-state index contributed by atoms with van der Waals surface area (Å²) in [6.07, 6.45) is 5.03. The minimum atomic E-state index is 0.627. The first kappa shape index (κ1) is 11.3. The molecule has 0 aliphatic carbocycles. The molecule has 3 rings (SSSR count). The van der Waals surface area contributed by atoms with Gasteiger partial charge in [-0.3, -0.25) is 0 Å². The summed E-state index contributed by atoms with van der Waals surface area (Å²) < 4.78 is 2.25. The van der Waals surface area contributed by atoms with Gasteiger partial charge in [-0.2, -0.15) is 0 Å². The van der Waals surface area contributed by atoms with E-state index in [1.54, 1.807) is 0 Å². The van der Waals surface area contributed by atoms with Crippen molar-refractivity contribution in [2.75, 3.05) is 11.9 Å². The Balaban J connectivity index is 2.05. The number of anilines is 1. The SMILES string of the molecule is CC(C)Cn1cncc1-c1cccc2c1NCC2. The number of para-hydroxylation sites is 1. The highest BCUT2D eigenvalue weighted by Gasteiger charge is 2.17. The minimum Gasteiger partial charge on any atom is -0.384 e. The van der Waals surface area contributed by atoms with Crippen LogP contribution in [-0.4, -0.2) is 16.1 Å². The van der Waals surface area contributed by atoms with Crippen molar-refractivity contribution in [3.8, 4) is 11.3 Å². The molecule has 0 amide bonds. The van der Waals surface area contributed by atoms with Crippen LogP contribution in [0.15, 0.2) is 30.7 Å². The molecule has 94 valence electrons. The van der Waals surface area contributed by atoms with E-state index >= 15 is 0 Å². The van der Waals surface area contributed by atoms with Crippen LogP contribution in [0.5, 0.6) is 0 Å². The second-order valence-corrected chi connectivity index (χ2v) is 5.34. The first-order chi connectivity index (χ1) is 8.75. The standard InChI is InChI=1S/C15H19N3/c1-11(2)9-18-10-16-8-14(18)13-5-3-4-12-6-7-17-15(12)13/h3-5,8,10-11,17H,6-7,9H2,1-2H3. The first-order valence-electron chi connectivity index (χ1n) is 6.62. The van der Waals surface area contributed by atoms with E-state index in [9.17, 15) is 0 Å². The zero-order valence-corrected chi connectivity index (χ0v) is 11.0. The third kappa shape index (κ3) is 1.90. The molecule has 18 heavy (non-hydrogen) atoms. The second-order valence-electron chi connectivity index (χ2n) is 5.34. The Morgan fingerprint density at radius 2 is 2.28 bits per heavy atom. The Morgan fingerprint density at radius 3 is 3.11 bits per heavy atom. The summed E-state index contributed by atoms with van der Waals surface area (Å²) in [5.41, 5.74) is 5.21. The molecule has 0 saturated heterocycles. The topological polar surface area (TPSA) is 29.9 Å². The van der Waals surface area contributed by atoms with Crippen LogP contribution in [0.2, 0.25) is 0 Å². The molecule has 1 aromatic carbocycles. The van der Waals surface area contributed by atoms with Gasteiger partial charge in [0.1, 0.15) is 0 Å². The largest absolute Gasteiger partial charge is 0.384 e. The molecule has 0 atom stereocenters. The Kier molecular flexibility index (Phi) is 2.82. The van der Waals surface area contributed by atoms with Crippen LogP contribution in [-0.2, 0) is 13.0 Å². The number of rotatable bonds is 3. The predicted molar refractivity (Wildman–Crippen MR) is 74.7 cm³/mol. The Morgan fingerprint density at radius 1 is 1.39 bits per heavy atom. The number of imidazole rings is 1. The lowest BCUT2D eigenvalue weighted by Gasteiger charge is -2.13. The van der Waals surface area contributed by atoms with Crippen LogP contribution < -0.4 is 5.32 Å². The quantitative estimate of drug-likeness (QED) is 0.894. The molecule has 0 spiro atoms. The van der Waals surface area contributed by atoms with E-state index in [1.165, 1.54) is 22.5 Å². The number of hydrogen-bond acceptors (Lipinski definition) is 2. The predicted octanol–water partition coefficient (Wildman–Crippen LogP) is 3.17. The third-order valence-electron chi connectivity index (χ3n) is 3.40. The van der Waals surface area contributed by atoms with Gasteiger partial charge in [0, 0.05) is 24.3 Å². The molecule has 0 radical (unpaired) electrons. The summed E-state index contributed by atoms with van der Waals surface area (Å²) in [5.74, 6) is 0.627. The van der Waals surface area contributed by atoms with Crippen molar-refractivity contribution >= 4 is 5.69 Å². The molecule has 2 heterocycles. The van der Waals surface area contributed by atoms with Gasteiger partial charge in [-0.05, 0) is 17.9 Å². The van der Waals surface area contributed by atoms with Gasteiger partial charge < -0.3 is 9.88 Å². The fourth-order valence-corrected chi connectivity index (χ4v) is 2.64. The molecule has 3 heteroatoms. The van der Waals surface area contributed by atoms with Gasteiger partial charge in [0.2, 0.25) is 0 Å². The zero-order valence-electron chi connectivity index (χ0n) is 11.0. The van der Waals surface area contributed by atoms with E-state index in [0.29, 0.717) is 5.92 Å². The van der Waals surface area contributed by atoms with Crippen molar-refractivity contribution < 1.29 is 0 Å². The molecule has 1 aromatic heterocycles. The number of hydrogen-bond donors (Lipinski definition) is 1. The van der Waals surface area contributed by atoms with Crippen molar-refractivity contribution in [3.05, 3.63) is 36.3 Å². The van der Waals surface area contributed by atoms with Crippen LogP contribution in [0, 0.1) is 5.92 Å². The second kappa shape index (κ2) is 4.48. The third-order valence-corrected chi connectivity index (χ3v) is 3.40. The van der Waals surface area contributed by atoms with Gasteiger partial charge >= 0.3 is 0 Å². The van der Waals surface area contributed by atoms with Crippen molar-refractivity contribution in [2.24, 2.45) is 5.92 Å². The fourth-order valence-electron chi connectivity index (χ4n) is 2.64. The summed E-state index contributed by atoms with van der Waals surface area (Å²) in [5, 5.41) is 3.50. The van der Waals surface area contributed by atoms with Crippen LogP contribution in [0.4, 0.5) is 5.69 Å². The Hall–Kier alpha value is -1.77. The van der Waals surface area contributed by atoms with Crippen LogP contribution in [0.25, 0.3) is 11.3 Å². The van der Waals surface area contributed by atoms with Crippen molar-refractivity contribution in [1.82, 2.24) is 9.55 Å². The van der Waals surface area contributed by atoms with E-state index in [2.05, 4.69) is 46.9 Å². The van der Waals surface area contributed by atoms with Gasteiger partial charge in [0.05, 0.1) is 18.2 Å². The monoisotopic (exact) mass is 241 g/mol. The molecule has 1 aliphatic rings. The van der Waals surface area contributed by atoms with E-state index in [1.807, 2.05) is 12.5 Å². The van der Waals surface area contributed by atoms with Gasteiger partial charge in [0.25, 0.3) is 0 Å². The lowest BCUT2D eigenvalue weighted by Crippen LogP contribution is -2.05. The van der Waals surface area contributed by atoms with Gasteiger partial charge in [-0.1, -0.05) is 32.0 Å². The van der Waals surface area contributed by atoms with Gasteiger partial charge in [-0.25, -0.2) is 4.98 Å². The highest BCUT2D eigenvalue weighted by atomic mass is 15.0. The summed E-state index contributed by atoms with van der Waals surface area (Å²) in [6, 6.07) is 6.54. The maximum absolute atomic E-state index is 4.31. The van der Waals surface area contributed by atoms with Gasteiger partial charge in [-0.15, -0.1) is 0 Å². The minimum absolute atomic E-state index is 0.627. The molecule has 1 N–H and O–H groups in total. The molecule has 0 saturated carbocycles. The number of aromatic nitrogens is 2. The molecule has 3 nitrogen and oxygen atoms in total. The number of fused-ring (bicyclic) bond motifs is 1. The van der Waals surface area contributed by atoms with Crippen LogP contribution in [0.1, 0.15) is 19.4 Å². The first-order valence-corrected chi connectivity index (χ1v) is 6.62. The smallest absolute Gasteiger partial charge is 0.0951 e. The molecule has 0 bridgehead atoms. The molecule has 0 unspecified atom stereocenters. The van der Waals surface area contributed by atoms with Crippen molar-refractivity contribution in [2.45, 2.75) is 26.8 Å². The summed E-state index contributed by atoms with van der Waals surface area (Å²) in [7, 11) is 0.